The first-order valence-electron chi connectivity index (χ1n) is 9.36. The van der Waals surface area contributed by atoms with Gasteiger partial charge in [0, 0.05) is 18.0 Å². The van der Waals surface area contributed by atoms with Crippen molar-refractivity contribution in [2.75, 3.05) is 13.1 Å². The first-order valence-corrected chi connectivity index (χ1v) is 10.2. The van der Waals surface area contributed by atoms with E-state index < -0.39 is 0 Å². The molecule has 2 aliphatic rings. The second kappa shape index (κ2) is 6.49. The van der Waals surface area contributed by atoms with Gasteiger partial charge in [0.25, 0.3) is 5.56 Å². The number of aromatic amines is 1. The summed E-state index contributed by atoms with van der Waals surface area (Å²) < 4.78 is 5.83. The summed E-state index contributed by atoms with van der Waals surface area (Å²) in [5.41, 5.74) is 1.29. The lowest BCUT2D eigenvalue weighted by Crippen LogP contribution is -2.46. The van der Waals surface area contributed by atoms with Crippen LogP contribution in [0.1, 0.15) is 56.4 Å². The maximum atomic E-state index is 12.8. The Balaban J connectivity index is 1.70. The molecule has 0 radical (unpaired) electrons. The average Bonchev–Trinajstić information content (AvgIpc) is 2.90. The number of nitrogens with zero attached hydrogens (tertiary/aromatic N) is 2. The van der Waals surface area contributed by atoms with E-state index >= 15 is 0 Å². The fourth-order valence-electron chi connectivity index (χ4n) is 4.27. The Morgan fingerprint density at radius 1 is 1.28 bits per heavy atom. The third-order valence-electron chi connectivity index (χ3n) is 5.58. The molecule has 0 aromatic carbocycles. The molecule has 2 aromatic rings. The Morgan fingerprint density at radius 3 is 2.72 bits per heavy atom. The molecule has 0 saturated carbocycles. The van der Waals surface area contributed by atoms with Gasteiger partial charge in [0.2, 0.25) is 0 Å². The van der Waals surface area contributed by atoms with Crippen LogP contribution in [0, 0.1) is 5.92 Å². The van der Waals surface area contributed by atoms with Crippen LogP contribution >= 0.6 is 11.3 Å². The topological polar surface area (TPSA) is 58.2 Å². The number of fused-ring (bicyclic) bond motifs is 3. The molecule has 1 N–H and O–H groups in total. The number of ether oxygens (including phenoxy) is 1. The van der Waals surface area contributed by atoms with Crippen molar-refractivity contribution in [2.45, 2.75) is 65.2 Å². The summed E-state index contributed by atoms with van der Waals surface area (Å²) in [5, 5.41) is 0.839. The molecule has 2 aromatic heterocycles. The number of hydrogen-bond acceptors (Lipinski definition) is 5. The summed E-state index contributed by atoms with van der Waals surface area (Å²) in [5.74, 6) is 1.49. The van der Waals surface area contributed by atoms with Gasteiger partial charge in [0.15, 0.2) is 0 Å². The zero-order chi connectivity index (χ0) is 17.7. The monoisotopic (exact) mass is 361 g/mol. The predicted octanol–water partition coefficient (Wildman–Crippen LogP) is 3.28. The van der Waals surface area contributed by atoms with Crippen molar-refractivity contribution >= 4 is 21.6 Å². The quantitative estimate of drug-likeness (QED) is 0.892. The van der Waals surface area contributed by atoms with Crippen LogP contribution in [0.3, 0.4) is 0 Å². The average molecular weight is 362 g/mol. The van der Waals surface area contributed by atoms with Crippen molar-refractivity contribution in [3.8, 4) is 0 Å². The third-order valence-corrected chi connectivity index (χ3v) is 6.72. The first kappa shape index (κ1) is 17.2. The highest BCUT2D eigenvalue weighted by Gasteiger charge is 2.29. The number of hydrogen-bond donors (Lipinski definition) is 1. The van der Waals surface area contributed by atoms with Crippen LogP contribution in [0.5, 0.6) is 0 Å². The van der Waals surface area contributed by atoms with Crippen molar-refractivity contribution in [1.29, 1.82) is 0 Å². The maximum absolute atomic E-state index is 12.8. The Labute approximate surface area is 152 Å². The van der Waals surface area contributed by atoms with Gasteiger partial charge in [-0.1, -0.05) is 6.92 Å². The van der Waals surface area contributed by atoms with Gasteiger partial charge in [-0.15, -0.1) is 11.3 Å². The van der Waals surface area contributed by atoms with Gasteiger partial charge in [0.1, 0.15) is 10.7 Å². The molecule has 4 unspecified atom stereocenters. The van der Waals surface area contributed by atoms with Crippen molar-refractivity contribution in [2.24, 2.45) is 5.92 Å². The molecule has 1 fully saturated rings. The molecule has 136 valence electrons. The van der Waals surface area contributed by atoms with Crippen molar-refractivity contribution < 1.29 is 4.74 Å². The summed E-state index contributed by atoms with van der Waals surface area (Å²) in [4.78, 5) is 25.4. The summed E-state index contributed by atoms with van der Waals surface area (Å²) in [6, 6.07) is 0.0870. The second-order valence-electron chi connectivity index (χ2n) is 7.87. The molecule has 6 heteroatoms. The SMILES string of the molecule is CC1CCc2c(sc3nc(C(C)N4CC(C)OC(C)C4)[nH]c(=O)c23)C1. The number of aromatic nitrogens is 2. The van der Waals surface area contributed by atoms with E-state index in [9.17, 15) is 4.79 Å². The third kappa shape index (κ3) is 3.15. The highest BCUT2D eigenvalue weighted by Crippen LogP contribution is 2.36. The van der Waals surface area contributed by atoms with Gasteiger partial charge in [0.05, 0.1) is 23.6 Å². The van der Waals surface area contributed by atoms with Crippen LogP contribution in [0.25, 0.3) is 10.2 Å². The molecule has 0 spiro atoms. The van der Waals surface area contributed by atoms with Gasteiger partial charge in [-0.05, 0) is 51.5 Å². The van der Waals surface area contributed by atoms with Crippen LogP contribution in [-0.2, 0) is 17.6 Å². The molecule has 0 bridgehead atoms. The van der Waals surface area contributed by atoms with E-state index in [0.29, 0.717) is 5.92 Å². The minimum absolute atomic E-state index is 0.0354. The summed E-state index contributed by atoms with van der Waals surface area (Å²) >= 11 is 1.72. The minimum Gasteiger partial charge on any atom is -0.373 e. The van der Waals surface area contributed by atoms with Crippen molar-refractivity contribution in [3.63, 3.8) is 0 Å². The van der Waals surface area contributed by atoms with Crippen molar-refractivity contribution in [1.82, 2.24) is 14.9 Å². The number of H-pyrrole nitrogens is 1. The number of morpholine rings is 1. The summed E-state index contributed by atoms with van der Waals surface area (Å²) in [6.45, 7) is 10.4. The molecule has 1 saturated heterocycles. The maximum Gasteiger partial charge on any atom is 0.259 e. The van der Waals surface area contributed by atoms with E-state index in [1.165, 1.54) is 16.9 Å². The highest BCUT2D eigenvalue weighted by molar-refractivity contribution is 7.18. The van der Waals surface area contributed by atoms with Crippen LogP contribution < -0.4 is 5.56 Å². The fourth-order valence-corrected chi connectivity index (χ4v) is 5.66. The van der Waals surface area contributed by atoms with Gasteiger partial charge in [-0.3, -0.25) is 9.69 Å². The number of aryl methyl sites for hydroxylation is 1. The lowest BCUT2D eigenvalue weighted by molar-refractivity contribution is -0.0797. The summed E-state index contributed by atoms with van der Waals surface area (Å²) in [6.07, 6.45) is 3.67. The molecular formula is C19H27N3O2S. The Kier molecular flexibility index (Phi) is 4.46. The Hall–Kier alpha value is -1.24. The lowest BCUT2D eigenvalue weighted by atomic mass is 9.89. The van der Waals surface area contributed by atoms with Gasteiger partial charge >= 0.3 is 0 Å². The standard InChI is InChI=1S/C19H27N3O2S/c1-10-5-6-14-15(7-10)25-19-16(14)18(23)20-17(21-19)13(4)22-8-11(2)24-12(3)9-22/h10-13H,5-9H2,1-4H3,(H,20,21,23). The molecule has 4 atom stereocenters. The number of thiophene rings is 1. The lowest BCUT2D eigenvalue weighted by Gasteiger charge is -2.38. The largest absolute Gasteiger partial charge is 0.373 e. The molecule has 0 amide bonds. The van der Waals surface area contributed by atoms with E-state index in [2.05, 4.69) is 37.6 Å². The predicted molar refractivity (Wildman–Crippen MR) is 101 cm³/mol. The molecule has 1 aliphatic carbocycles. The van der Waals surface area contributed by atoms with E-state index in [4.69, 9.17) is 9.72 Å². The van der Waals surface area contributed by atoms with Crippen LogP contribution in [0.2, 0.25) is 0 Å². The van der Waals surface area contributed by atoms with Crippen LogP contribution in [-0.4, -0.2) is 40.2 Å². The Bertz CT molecular complexity index is 833. The van der Waals surface area contributed by atoms with Crippen molar-refractivity contribution in [3.05, 3.63) is 26.6 Å². The molecule has 5 nitrogen and oxygen atoms in total. The zero-order valence-corrected chi connectivity index (χ0v) is 16.3. The van der Waals surface area contributed by atoms with Gasteiger partial charge in [-0.2, -0.15) is 0 Å². The van der Waals surface area contributed by atoms with E-state index in [1.54, 1.807) is 11.3 Å². The Morgan fingerprint density at radius 2 is 2.00 bits per heavy atom. The highest BCUT2D eigenvalue weighted by atomic mass is 32.1. The van der Waals surface area contributed by atoms with Crippen LogP contribution in [0.4, 0.5) is 0 Å². The zero-order valence-electron chi connectivity index (χ0n) is 15.5. The van der Waals surface area contributed by atoms with E-state index in [0.717, 1.165) is 42.0 Å². The molecule has 25 heavy (non-hydrogen) atoms. The number of rotatable bonds is 2. The second-order valence-corrected chi connectivity index (χ2v) is 8.95. The van der Waals surface area contributed by atoms with E-state index in [1.807, 2.05) is 0 Å². The smallest absolute Gasteiger partial charge is 0.259 e. The normalized spacial score (nSPS) is 28.9. The first-order chi connectivity index (χ1) is 11.9. The van der Waals surface area contributed by atoms with Crippen LogP contribution in [0.15, 0.2) is 4.79 Å². The molecular weight excluding hydrogens is 334 g/mol. The van der Waals surface area contributed by atoms with Gasteiger partial charge < -0.3 is 9.72 Å². The number of nitrogens with one attached hydrogen (secondary N) is 1. The summed E-state index contributed by atoms with van der Waals surface area (Å²) in [7, 11) is 0. The molecule has 1 aliphatic heterocycles. The molecule has 3 heterocycles. The fraction of sp³-hybridized carbons (Fsp3) is 0.684. The van der Waals surface area contributed by atoms with Gasteiger partial charge in [-0.25, -0.2) is 4.98 Å². The minimum atomic E-state index is 0.0354. The molecule has 4 rings (SSSR count). The van der Waals surface area contributed by atoms with E-state index in [-0.39, 0.29) is 23.8 Å².